The van der Waals surface area contributed by atoms with E-state index in [0.717, 1.165) is 18.4 Å². The predicted molar refractivity (Wildman–Crippen MR) is 77.4 cm³/mol. The van der Waals surface area contributed by atoms with Crippen LogP contribution in [-0.2, 0) is 19.7 Å². The number of hydrogen-bond donors (Lipinski definition) is 0. The highest BCUT2D eigenvalue weighted by Crippen LogP contribution is 2.39. The maximum Gasteiger partial charge on any atom is 0.330 e. The first-order valence-corrected chi connectivity index (χ1v) is 7.09. The molecule has 0 unspecified atom stereocenters. The molecule has 20 heavy (non-hydrogen) atoms. The lowest BCUT2D eigenvalue weighted by Crippen LogP contribution is -2.30. The molecule has 1 fully saturated rings. The van der Waals surface area contributed by atoms with E-state index < -0.39 is 0 Å². The van der Waals surface area contributed by atoms with Gasteiger partial charge in [0.05, 0.1) is 6.61 Å². The summed E-state index contributed by atoms with van der Waals surface area (Å²) >= 11 is 0. The van der Waals surface area contributed by atoms with Crippen LogP contribution in [0.1, 0.15) is 38.2 Å². The van der Waals surface area contributed by atoms with Crippen molar-refractivity contribution in [3.05, 3.63) is 48.0 Å². The van der Waals surface area contributed by atoms with Crippen LogP contribution in [0, 0.1) is 0 Å². The Balaban J connectivity index is 2.25. The summed E-state index contributed by atoms with van der Waals surface area (Å²) in [6.07, 6.45) is 6.08. The number of Topliss-reactive ketones (excluding diaryl/α,β-unsaturated/α-hetero) is 1. The number of rotatable bonds is 4. The molecule has 106 valence electrons. The normalized spacial score (nSPS) is 18.1. The van der Waals surface area contributed by atoms with E-state index in [2.05, 4.69) is 12.1 Å². The Morgan fingerprint density at radius 3 is 2.50 bits per heavy atom. The molecular formula is C17H20O3. The molecule has 3 nitrogen and oxygen atoms in total. The van der Waals surface area contributed by atoms with Gasteiger partial charge in [-0.25, -0.2) is 4.79 Å². The maximum absolute atomic E-state index is 11.5. The fraction of sp³-hybridized carbons (Fsp3) is 0.412. The van der Waals surface area contributed by atoms with Crippen LogP contribution in [0.2, 0.25) is 0 Å². The number of benzene rings is 1. The van der Waals surface area contributed by atoms with Gasteiger partial charge < -0.3 is 4.74 Å². The first-order chi connectivity index (χ1) is 9.66. The molecule has 0 heterocycles. The molecular weight excluding hydrogens is 252 g/mol. The van der Waals surface area contributed by atoms with Crippen LogP contribution in [0.25, 0.3) is 0 Å². The average Bonchev–Trinajstić information content (AvgIpc) is 2.48. The van der Waals surface area contributed by atoms with Crippen molar-refractivity contribution in [3.63, 3.8) is 0 Å². The van der Waals surface area contributed by atoms with Gasteiger partial charge in [-0.2, -0.15) is 0 Å². The Kier molecular flexibility index (Phi) is 4.72. The van der Waals surface area contributed by atoms with Crippen molar-refractivity contribution in [2.45, 2.75) is 38.0 Å². The van der Waals surface area contributed by atoms with Gasteiger partial charge in [-0.3, -0.25) is 4.79 Å². The van der Waals surface area contributed by atoms with Gasteiger partial charge in [0.25, 0.3) is 0 Å². The first-order valence-electron chi connectivity index (χ1n) is 7.09. The monoisotopic (exact) mass is 272 g/mol. The molecule has 0 amide bonds. The highest BCUT2D eigenvalue weighted by molar-refractivity contribution is 5.83. The molecule has 0 saturated heterocycles. The van der Waals surface area contributed by atoms with E-state index in [0.29, 0.717) is 25.2 Å². The molecule has 2 rings (SSSR count). The third-order valence-electron chi connectivity index (χ3n) is 3.87. The van der Waals surface area contributed by atoms with Crippen LogP contribution in [-0.4, -0.2) is 18.4 Å². The zero-order chi connectivity index (χ0) is 14.4. The molecule has 0 bridgehead atoms. The number of allylic oxidation sites excluding steroid dienone is 1. The Morgan fingerprint density at radius 2 is 1.90 bits per heavy atom. The molecule has 1 aromatic rings. The van der Waals surface area contributed by atoms with E-state index in [1.165, 1.54) is 6.08 Å². The lowest BCUT2D eigenvalue weighted by atomic mass is 9.69. The fourth-order valence-corrected chi connectivity index (χ4v) is 2.71. The van der Waals surface area contributed by atoms with Gasteiger partial charge in [0.2, 0.25) is 0 Å². The van der Waals surface area contributed by atoms with Gasteiger partial charge in [-0.15, -0.1) is 0 Å². The van der Waals surface area contributed by atoms with Crippen LogP contribution >= 0.6 is 0 Å². The molecule has 1 aromatic carbocycles. The quantitative estimate of drug-likeness (QED) is 0.624. The number of carbonyl (C=O) groups is 2. The highest BCUT2D eigenvalue weighted by atomic mass is 16.5. The number of hydrogen-bond acceptors (Lipinski definition) is 3. The number of esters is 1. The molecule has 1 aliphatic carbocycles. The van der Waals surface area contributed by atoms with E-state index in [4.69, 9.17) is 4.74 Å². The Hall–Kier alpha value is -1.90. The van der Waals surface area contributed by atoms with Crippen molar-refractivity contribution in [3.8, 4) is 0 Å². The molecule has 1 saturated carbocycles. The maximum atomic E-state index is 11.5. The van der Waals surface area contributed by atoms with Crippen LogP contribution in [0.15, 0.2) is 42.5 Å². The lowest BCUT2D eigenvalue weighted by Gasteiger charge is -2.34. The topological polar surface area (TPSA) is 43.4 Å². The van der Waals surface area contributed by atoms with Crippen molar-refractivity contribution in [1.82, 2.24) is 0 Å². The molecule has 0 aliphatic heterocycles. The van der Waals surface area contributed by atoms with Crippen LogP contribution in [0.3, 0.4) is 0 Å². The smallest absolute Gasteiger partial charge is 0.330 e. The summed E-state index contributed by atoms with van der Waals surface area (Å²) in [6, 6.07) is 10.1. The summed E-state index contributed by atoms with van der Waals surface area (Å²) in [7, 11) is 0. The SMILES string of the molecule is CCOC(=O)C=CC1(c2ccccc2)CCC(=O)CC1. The molecule has 0 radical (unpaired) electrons. The van der Waals surface area contributed by atoms with E-state index >= 15 is 0 Å². The number of ketones is 1. The Morgan fingerprint density at radius 1 is 1.25 bits per heavy atom. The first kappa shape index (κ1) is 14.5. The van der Waals surface area contributed by atoms with Gasteiger partial charge in [-0.1, -0.05) is 36.4 Å². The van der Waals surface area contributed by atoms with Crippen LogP contribution in [0.4, 0.5) is 0 Å². The Bertz CT molecular complexity index is 492. The minimum Gasteiger partial charge on any atom is -0.463 e. The van der Waals surface area contributed by atoms with E-state index in [1.807, 2.05) is 24.3 Å². The van der Waals surface area contributed by atoms with E-state index in [9.17, 15) is 9.59 Å². The van der Waals surface area contributed by atoms with E-state index in [1.54, 1.807) is 6.92 Å². The lowest BCUT2D eigenvalue weighted by molar-refractivity contribution is -0.137. The number of ether oxygens (including phenoxy) is 1. The standard InChI is InChI=1S/C17H20O3/c1-2-20-16(19)10-13-17(11-8-15(18)9-12-17)14-6-4-3-5-7-14/h3-7,10,13H,2,8-9,11-12H2,1H3. The van der Waals surface area contributed by atoms with Crippen molar-refractivity contribution >= 4 is 11.8 Å². The van der Waals surface area contributed by atoms with Crippen molar-refractivity contribution in [2.24, 2.45) is 0 Å². The van der Waals surface area contributed by atoms with Gasteiger partial charge in [0.15, 0.2) is 0 Å². The summed E-state index contributed by atoms with van der Waals surface area (Å²) < 4.78 is 4.94. The molecule has 3 heteroatoms. The summed E-state index contributed by atoms with van der Waals surface area (Å²) in [6.45, 7) is 2.16. The molecule has 0 spiro atoms. The predicted octanol–water partition coefficient (Wildman–Crippen LogP) is 3.19. The summed E-state index contributed by atoms with van der Waals surface area (Å²) in [4.78, 5) is 23.1. The summed E-state index contributed by atoms with van der Waals surface area (Å²) in [5.41, 5.74) is 0.940. The zero-order valence-corrected chi connectivity index (χ0v) is 11.8. The third-order valence-corrected chi connectivity index (χ3v) is 3.87. The summed E-state index contributed by atoms with van der Waals surface area (Å²) in [5.74, 6) is -0.0132. The molecule has 0 atom stereocenters. The van der Waals surface area contributed by atoms with Crippen molar-refractivity contribution < 1.29 is 14.3 Å². The van der Waals surface area contributed by atoms with Gasteiger partial charge in [0.1, 0.15) is 5.78 Å². The average molecular weight is 272 g/mol. The summed E-state index contributed by atoms with van der Waals surface area (Å²) in [5, 5.41) is 0. The van der Waals surface area contributed by atoms with Gasteiger partial charge in [0, 0.05) is 24.3 Å². The second-order valence-corrected chi connectivity index (χ2v) is 5.15. The number of carbonyl (C=O) groups excluding carboxylic acids is 2. The van der Waals surface area contributed by atoms with Gasteiger partial charge in [-0.05, 0) is 25.3 Å². The van der Waals surface area contributed by atoms with Crippen LogP contribution in [0.5, 0.6) is 0 Å². The highest BCUT2D eigenvalue weighted by Gasteiger charge is 2.34. The van der Waals surface area contributed by atoms with Crippen molar-refractivity contribution in [1.29, 1.82) is 0 Å². The zero-order valence-electron chi connectivity index (χ0n) is 11.8. The minimum absolute atomic E-state index is 0.220. The second kappa shape index (κ2) is 6.51. The molecule has 0 N–H and O–H groups in total. The second-order valence-electron chi connectivity index (χ2n) is 5.15. The Labute approximate surface area is 119 Å². The fourth-order valence-electron chi connectivity index (χ4n) is 2.71. The van der Waals surface area contributed by atoms with Crippen LogP contribution < -0.4 is 0 Å². The molecule has 1 aliphatic rings. The van der Waals surface area contributed by atoms with Gasteiger partial charge >= 0.3 is 5.97 Å². The van der Waals surface area contributed by atoms with E-state index in [-0.39, 0.29) is 11.4 Å². The minimum atomic E-state index is -0.320. The largest absolute Gasteiger partial charge is 0.463 e. The van der Waals surface area contributed by atoms with Crippen molar-refractivity contribution in [2.75, 3.05) is 6.61 Å². The third kappa shape index (κ3) is 3.35. The molecule has 0 aromatic heterocycles.